The van der Waals surface area contributed by atoms with Crippen molar-refractivity contribution in [3.05, 3.63) is 83.8 Å². The minimum atomic E-state index is -0.740. The number of aryl methyl sites for hydroxylation is 1. The number of rotatable bonds is 4. The first-order valence-corrected chi connectivity index (χ1v) is 10.3. The Morgan fingerprint density at radius 1 is 1.03 bits per heavy atom. The van der Waals surface area contributed by atoms with E-state index in [1.54, 1.807) is 18.2 Å². The number of carbonyl (C=O) groups excluding carboxylic acids is 1. The molecule has 1 aliphatic heterocycles. The number of fused-ring (bicyclic) bond motifs is 1. The van der Waals surface area contributed by atoms with E-state index in [-0.39, 0.29) is 16.8 Å². The second-order valence-electron chi connectivity index (χ2n) is 7.61. The number of carbonyl (C=O) groups is 1. The van der Waals surface area contributed by atoms with Crippen molar-refractivity contribution in [2.45, 2.75) is 25.8 Å². The maximum absolute atomic E-state index is 13.7. The summed E-state index contributed by atoms with van der Waals surface area (Å²) in [5, 5.41) is 7.23. The van der Waals surface area contributed by atoms with Crippen LogP contribution in [-0.4, -0.2) is 25.7 Å². The summed E-state index contributed by atoms with van der Waals surface area (Å²) in [6.07, 6.45) is 6.44. The van der Waals surface area contributed by atoms with E-state index in [9.17, 15) is 13.6 Å². The van der Waals surface area contributed by atoms with Crippen molar-refractivity contribution < 1.29 is 13.6 Å². The molecule has 160 valence electrons. The lowest BCUT2D eigenvalue weighted by molar-refractivity contribution is 0.102. The maximum atomic E-state index is 13.7. The fourth-order valence-corrected chi connectivity index (χ4v) is 3.98. The zero-order valence-corrected chi connectivity index (χ0v) is 17.1. The van der Waals surface area contributed by atoms with Crippen molar-refractivity contribution in [2.75, 3.05) is 5.32 Å². The van der Waals surface area contributed by atoms with Gasteiger partial charge < -0.3 is 5.32 Å². The molecule has 1 aliphatic rings. The van der Waals surface area contributed by atoms with Crippen LogP contribution in [0.1, 0.15) is 28.9 Å². The second-order valence-corrected chi connectivity index (χ2v) is 7.61. The minimum absolute atomic E-state index is 0.182. The SMILES string of the molecule is O=C(Nc1cccc(-c2cnn3c2CCCC3)n1)c1cccnc1-c1cc(F)cc(F)c1. The number of nitrogens with zero attached hydrogens (tertiary/aromatic N) is 4. The van der Waals surface area contributed by atoms with Crippen LogP contribution in [0.3, 0.4) is 0 Å². The van der Waals surface area contributed by atoms with Gasteiger partial charge in [0.2, 0.25) is 0 Å². The Bertz CT molecular complexity index is 1300. The molecule has 0 radical (unpaired) electrons. The summed E-state index contributed by atoms with van der Waals surface area (Å²) in [5.41, 5.74) is 3.39. The van der Waals surface area contributed by atoms with Crippen LogP contribution in [0, 0.1) is 11.6 Å². The number of nitrogens with one attached hydrogen (secondary N) is 1. The normalized spacial score (nSPS) is 12.9. The van der Waals surface area contributed by atoms with Gasteiger partial charge in [0, 0.05) is 35.6 Å². The van der Waals surface area contributed by atoms with Gasteiger partial charge >= 0.3 is 0 Å². The van der Waals surface area contributed by atoms with Crippen molar-refractivity contribution in [1.82, 2.24) is 19.7 Å². The Morgan fingerprint density at radius 3 is 2.72 bits per heavy atom. The fourth-order valence-electron chi connectivity index (χ4n) is 3.98. The molecule has 32 heavy (non-hydrogen) atoms. The average molecular weight is 431 g/mol. The van der Waals surface area contributed by atoms with E-state index < -0.39 is 17.5 Å². The van der Waals surface area contributed by atoms with Gasteiger partial charge in [-0.05, 0) is 55.7 Å². The third-order valence-electron chi connectivity index (χ3n) is 5.44. The molecule has 0 saturated heterocycles. The Balaban J connectivity index is 1.44. The molecule has 0 atom stereocenters. The van der Waals surface area contributed by atoms with Gasteiger partial charge in [-0.15, -0.1) is 0 Å². The first kappa shape index (κ1) is 20.0. The largest absolute Gasteiger partial charge is 0.306 e. The molecule has 0 aliphatic carbocycles. The molecule has 0 saturated carbocycles. The van der Waals surface area contributed by atoms with Gasteiger partial charge in [0.05, 0.1) is 23.1 Å². The number of benzene rings is 1. The van der Waals surface area contributed by atoms with Gasteiger partial charge in [-0.25, -0.2) is 13.8 Å². The predicted molar refractivity (Wildman–Crippen MR) is 116 cm³/mol. The van der Waals surface area contributed by atoms with Crippen LogP contribution in [0.4, 0.5) is 14.6 Å². The van der Waals surface area contributed by atoms with E-state index in [1.165, 1.54) is 6.20 Å². The highest BCUT2D eigenvalue weighted by molar-refractivity contribution is 6.07. The summed E-state index contributed by atoms with van der Waals surface area (Å²) in [7, 11) is 0. The molecule has 4 heterocycles. The third-order valence-corrected chi connectivity index (χ3v) is 5.44. The Morgan fingerprint density at radius 2 is 1.88 bits per heavy atom. The maximum Gasteiger partial charge on any atom is 0.259 e. The highest BCUT2D eigenvalue weighted by Crippen LogP contribution is 2.28. The summed E-state index contributed by atoms with van der Waals surface area (Å²) in [5.74, 6) is -1.59. The van der Waals surface area contributed by atoms with Crippen molar-refractivity contribution in [2.24, 2.45) is 0 Å². The van der Waals surface area contributed by atoms with Gasteiger partial charge in [0.25, 0.3) is 5.91 Å². The van der Waals surface area contributed by atoms with Crippen LogP contribution >= 0.6 is 0 Å². The molecule has 6 nitrogen and oxygen atoms in total. The van der Waals surface area contributed by atoms with E-state index in [2.05, 4.69) is 20.4 Å². The van der Waals surface area contributed by atoms with Gasteiger partial charge in [-0.2, -0.15) is 5.10 Å². The number of aromatic nitrogens is 4. The number of anilines is 1. The zero-order valence-electron chi connectivity index (χ0n) is 17.1. The fraction of sp³-hybridized carbons (Fsp3) is 0.167. The quantitative estimate of drug-likeness (QED) is 0.500. The van der Waals surface area contributed by atoms with Crippen LogP contribution in [0.5, 0.6) is 0 Å². The Kier molecular flexibility index (Phi) is 5.18. The molecule has 4 aromatic rings. The van der Waals surface area contributed by atoms with Crippen LogP contribution < -0.4 is 5.32 Å². The zero-order chi connectivity index (χ0) is 22.1. The highest BCUT2D eigenvalue weighted by atomic mass is 19.1. The van der Waals surface area contributed by atoms with Crippen LogP contribution in [-0.2, 0) is 13.0 Å². The molecule has 8 heteroatoms. The van der Waals surface area contributed by atoms with Gasteiger partial charge in [0.15, 0.2) is 0 Å². The van der Waals surface area contributed by atoms with Crippen LogP contribution in [0.2, 0.25) is 0 Å². The van der Waals surface area contributed by atoms with E-state index in [1.807, 2.05) is 23.0 Å². The summed E-state index contributed by atoms with van der Waals surface area (Å²) in [6.45, 7) is 0.899. The van der Waals surface area contributed by atoms with E-state index in [4.69, 9.17) is 0 Å². The van der Waals surface area contributed by atoms with E-state index >= 15 is 0 Å². The third kappa shape index (κ3) is 3.87. The van der Waals surface area contributed by atoms with Crippen molar-refractivity contribution in [1.29, 1.82) is 0 Å². The van der Waals surface area contributed by atoms with Crippen molar-refractivity contribution >= 4 is 11.7 Å². The average Bonchev–Trinajstić information content (AvgIpc) is 3.23. The van der Waals surface area contributed by atoms with Crippen molar-refractivity contribution in [3.8, 4) is 22.5 Å². The number of amides is 1. The first-order valence-electron chi connectivity index (χ1n) is 10.3. The molecular weight excluding hydrogens is 412 g/mol. The topological polar surface area (TPSA) is 72.7 Å². The predicted octanol–water partition coefficient (Wildman–Crippen LogP) is 4.87. The van der Waals surface area contributed by atoms with Gasteiger partial charge in [-0.3, -0.25) is 14.5 Å². The molecule has 1 N–H and O–H groups in total. The lowest BCUT2D eigenvalue weighted by atomic mass is 10.0. The summed E-state index contributed by atoms with van der Waals surface area (Å²) < 4.78 is 29.4. The molecule has 0 unspecified atom stereocenters. The number of hydrogen-bond donors (Lipinski definition) is 1. The van der Waals surface area contributed by atoms with Gasteiger partial charge in [-0.1, -0.05) is 6.07 Å². The summed E-state index contributed by atoms with van der Waals surface area (Å²) in [4.78, 5) is 21.8. The lowest BCUT2D eigenvalue weighted by Crippen LogP contribution is -2.15. The lowest BCUT2D eigenvalue weighted by Gasteiger charge is -2.15. The van der Waals surface area contributed by atoms with Gasteiger partial charge in [0.1, 0.15) is 17.5 Å². The summed E-state index contributed by atoms with van der Waals surface area (Å²) in [6, 6.07) is 11.6. The molecule has 1 aromatic carbocycles. The van der Waals surface area contributed by atoms with E-state index in [0.717, 1.165) is 61.0 Å². The first-order chi connectivity index (χ1) is 15.6. The summed E-state index contributed by atoms with van der Waals surface area (Å²) >= 11 is 0. The second kappa shape index (κ2) is 8.30. The Labute approximate surface area is 183 Å². The molecule has 1 amide bonds. The molecule has 0 spiro atoms. The number of hydrogen-bond acceptors (Lipinski definition) is 4. The molecule has 5 rings (SSSR count). The van der Waals surface area contributed by atoms with Crippen LogP contribution in [0.25, 0.3) is 22.5 Å². The van der Waals surface area contributed by atoms with Crippen LogP contribution in [0.15, 0.2) is 60.9 Å². The molecule has 3 aromatic heterocycles. The Hall–Kier alpha value is -3.94. The smallest absolute Gasteiger partial charge is 0.259 e. The minimum Gasteiger partial charge on any atom is -0.306 e. The monoisotopic (exact) mass is 431 g/mol. The molecular formula is C24H19F2N5O. The highest BCUT2D eigenvalue weighted by Gasteiger charge is 2.19. The van der Waals surface area contributed by atoms with Crippen molar-refractivity contribution in [3.63, 3.8) is 0 Å². The molecule has 0 bridgehead atoms. The van der Waals surface area contributed by atoms with E-state index in [0.29, 0.717) is 5.82 Å². The molecule has 0 fully saturated rings. The number of halogens is 2. The number of pyridine rings is 2. The standard InChI is InChI=1S/C24H19F2N5O/c25-16-11-15(12-17(26)13-16)23-18(5-4-9-27-23)24(32)30-22-8-3-6-20(29-22)19-14-28-31-10-2-1-7-21(19)31/h3-6,8-9,11-14H,1-2,7,10H2,(H,29,30,32).